The van der Waals surface area contributed by atoms with E-state index >= 15 is 4.39 Å². The average Bonchev–Trinajstić information content (AvgIpc) is 2.90. The van der Waals surface area contributed by atoms with Crippen LogP contribution in [0.15, 0.2) is 42.6 Å². The zero-order valence-electron chi connectivity index (χ0n) is 22.4. The number of carbonyl (C=O) groups is 1. The minimum absolute atomic E-state index is 0.0533. The summed E-state index contributed by atoms with van der Waals surface area (Å²) < 4.78 is 53.5. The Balaban J connectivity index is 1.41. The van der Waals surface area contributed by atoms with Gasteiger partial charge in [0.25, 0.3) is 0 Å². The third-order valence-corrected chi connectivity index (χ3v) is 7.55. The molecule has 210 valence electrons. The maximum Gasteiger partial charge on any atom is 0.309 e. The number of nitrogens with zero attached hydrogens (tertiary/aromatic N) is 3. The number of pyridine rings is 1. The van der Waals surface area contributed by atoms with Gasteiger partial charge >= 0.3 is 5.97 Å². The van der Waals surface area contributed by atoms with E-state index in [1.54, 1.807) is 36.4 Å². The summed E-state index contributed by atoms with van der Waals surface area (Å²) in [6.07, 6.45) is 1.23. The van der Waals surface area contributed by atoms with E-state index in [1.165, 1.54) is 0 Å². The molecular weight excluding hydrogens is 511 g/mol. The van der Waals surface area contributed by atoms with Crippen molar-refractivity contribution in [2.75, 3.05) is 52.3 Å². The molecule has 1 N–H and O–H groups in total. The number of likely N-dealkylation sites (tertiary alicyclic amines) is 1. The number of carboxylic acids is 1. The van der Waals surface area contributed by atoms with Gasteiger partial charge in [0, 0.05) is 49.8 Å². The van der Waals surface area contributed by atoms with Crippen molar-refractivity contribution in [3.63, 3.8) is 0 Å². The summed E-state index contributed by atoms with van der Waals surface area (Å²) in [6, 6.07) is 8.34. The van der Waals surface area contributed by atoms with Crippen LogP contribution in [0.25, 0.3) is 10.9 Å². The lowest BCUT2D eigenvalue weighted by atomic mass is 9.74. The number of piperidine rings is 1. The van der Waals surface area contributed by atoms with Gasteiger partial charge in [-0.25, -0.2) is 13.2 Å². The minimum Gasteiger partial charge on any atom is -0.497 e. The second kappa shape index (κ2) is 12.1. The molecular formula is C29H34F3N3O4. The summed E-state index contributed by atoms with van der Waals surface area (Å²) in [6.45, 7) is 1.70. The molecule has 1 aliphatic heterocycles. The maximum absolute atomic E-state index is 16.0. The summed E-state index contributed by atoms with van der Waals surface area (Å²) in [7, 11) is 5.19. The third-order valence-electron chi connectivity index (χ3n) is 7.55. The molecule has 3 aromatic rings. The molecule has 0 amide bonds. The first-order valence-electron chi connectivity index (χ1n) is 12.9. The van der Waals surface area contributed by atoms with Crippen LogP contribution in [-0.4, -0.2) is 68.4 Å². The number of hydrogen-bond acceptors (Lipinski definition) is 6. The largest absolute Gasteiger partial charge is 0.497 e. The Kier molecular flexibility index (Phi) is 8.84. The van der Waals surface area contributed by atoms with Gasteiger partial charge in [-0.3, -0.25) is 14.7 Å². The van der Waals surface area contributed by atoms with Crippen molar-refractivity contribution in [1.29, 1.82) is 0 Å². The number of carboxylic acid groups (broad SMARTS) is 1. The van der Waals surface area contributed by atoms with E-state index in [-0.39, 0.29) is 25.2 Å². The highest BCUT2D eigenvalue weighted by Gasteiger charge is 2.42. The SMILES string of the molecule is COc1ccc2ncc(N(C)C)c(C(F)CCC3(C(=O)O)CCN(CCOc4cc(F)cc(F)c4)CC3)c2c1. The number of fused-ring (bicyclic) bond motifs is 1. The van der Waals surface area contributed by atoms with E-state index < -0.39 is 29.2 Å². The van der Waals surface area contributed by atoms with Crippen molar-refractivity contribution in [2.45, 2.75) is 31.9 Å². The van der Waals surface area contributed by atoms with Crippen molar-refractivity contribution in [1.82, 2.24) is 9.88 Å². The monoisotopic (exact) mass is 545 g/mol. The van der Waals surface area contributed by atoms with Crippen molar-refractivity contribution in [3.8, 4) is 11.5 Å². The summed E-state index contributed by atoms with van der Waals surface area (Å²) >= 11 is 0. The van der Waals surface area contributed by atoms with E-state index in [0.29, 0.717) is 60.4 Å². The van der Waals surface area contributed by atoms with Crippen LogP contribution in [0.3, 0.4) is 0 Å². The maximum atomic E-state index is 16.0. The topological polar surface area (TPSA) is 75.1 Å². The lowest BCUT2D eigenvalue weighted by Crippen LogP contribution is -2.45. The molecule has 0 spiro atoms. The number of halogens is 3. The van der Waals surface area contributed by atoms with Gasteiger partial charge in [-0.15, -0.1) is 0 Å². The molecule has 1 atom stereocenters. The van der Waals surface area contributed by atoms with Crippen LogP contribution < -0.4 is 14.4 Å². The Bertz CT molecular complexity index is 1290. The summed E-state index contributed by atoms with van der Waals surface area (Å²) in [5.74, 6) is -1.64. The van der Waals surface area contributed by atoms with E-state index in [4.69, 9.17) is 9.47 Å². The lowest BCUT2D eigenvalue weighted by Gasteiger charge is -2.39. The summed E-state index contributed by atoms with van der Waals surface area (Å²) in [4.78, 5) is 20.7. The predicted molar refractivity (Wildman–Crippen MR) is 143 cm³/mol. The molecule has 0 saturated carbocycles. The first-order chi connectivity index (χ1) is 18.6. The molecule has 1 aromatic heterocycles. The van der Waals surface area contributed by atoms with Gasteiger partial charge in [-0.1, -0.05) is 0 Å². The van der Waals surface area contributed by atoms with Crippen LogP contribution in [0.1, 0.15) is 37.4 Å². The highest BCUT2D eigenvalue weighted by atomic mass is 19.1. The molecule has 1 aliphatic rings. The third kappa shape index (κ3) is 6.55. The number of aliphatic carboxylic acids is 1. The Morgan fingerprint density at radius 1 is 1.13 bits per heavy atom. The molecule has 0 radical (unpaired) electrons. The molecule has 2 aromatic carbocycles. The Morgan fingerprint density at radius 3 is 2.44 bits per heavy atom. The lowest BCUT2D eigenvalue weighted by molar-refractivity contribution is -0.153. The molecule has 10 heteroatoms. The Morgan fingerprint density at radius 2 is 1.82 bits per heavy atom. The van der Waals surface area contributed by atoms with E-state index in [0.717, 1.165) is 18.2 Å². The smallest absolute Gasteiger partial charge is 0.309 e. The normalized spacial score (nSPS) is 16.2. The van der Waals surface area contributed by atoms with Crippen LogP contribution in [0.4, 0.5) is 18.9 Å². The fraction of sp³-hybridized carbons (Fsp3) is 0.448. The molecule has 4 rings (SSSR count). The molecule has 0 bridgehead atoms. The van der Waals surface area contributed by atoms with Crippen LogP contribution in [-0.2, 0) is 4.79 Å². The van der Waals surface area contributed by atoms with Crippen molar-refractivity contribution in [3.05, 3.63) is 59.8 Å². The second-order valence-electron chi connectivity index (χ2n) is 10.2. The fourth-order valence-electron chi connectivity index (χ4n) is 5.22. The number of benzene rings is 2. The number of hydrogen-bond donors (Lipinski definition) is 1. The predicted octanol–water partition coefficient (Wildman–Crippen LogP) is 5.62. The number of anilines is 1. The van der Waals surface area contributed by atoms with E-state index in [9.17, 15) is 18.7 Å². The van der Waals surface area contributed by atoms with Crippen molar-refractivity contribution >= 4 is 22.6 Å². The van der Waals surface area contributed by atoms with Gasteiger partial charge in [0.15, 0.2) is 0 Å². The minimum atomic E-state index is -1.39. The van der Waals surface area contributed by atoms with Gasteiger partial charge in [-0.2, -0.15) is 0 Å². The first kappa shape index (κ1) is 28.5. The summed E-state index contributed by atoms with van der Waals surface area (Å²) in [5, 5.41) is 10.8. The Labute approximate surface area is 226 Å². The summed E-state index contributed by atoms with van der Waals surface area (Å²) in [5.41, 5.74) is 0.726. The highest BCUT2D eigenvalue weighted by Crippen LogP contribution is 2.43. The standard InChI is InChI=1S/C29H34F3N3O4/c1-34(2)26-18-33-25-5-4-21(38-3)17-23(25)27(26)24(32)6-7-29(28(36)37)8-10-35(11-9-29)12-13-39-22-15-19(30)14-20(31)16-22/h4-5,14-18,24H,6-13H2,1-3H3,(H,36,37). The zero-order chi connectivity index (χ0) is 28.2. The van der Waals surface area contributed by atoms with Crippen LogP contribution >= 0.6 is 0 Å². The van der Waals surface area contributed by atoms with Crippen LogP contribution in [0.2, 0.25) is 0 Å². The number of alkyl halides is 1. The molecule has 0 aliphatic carbocycles. The molecule has 1 fully saturated rings. The van der Waals surface area contributed by atoms with Crippen LogP contribution in [0.5, 0.6) is 11.5 Å². The fourth-order valence-corrected chi connectivity index (χ4v) is 5.22. The van der Waals surface area contributed by atoms with Crippen molar-refractivity contribution < 1.29 is 32.5 Å². The van der Waals surface area contributed by atoms with Gasteiger partial charge < -0.3 is 19.5 Å². The zero-order valence-corrected chi connectivity index (χ0v) is 22.4. The van der Waals surface area contributed by atoms with Crippen LogP contribution in [0, 0.1) is 17.0 Å². The second-order valence-corrected chi connectivity index (χ2v) is 10.2. The average molecular weight is 546 g/mol. The number of methoxy groups -OCH3 is 1. The van der Waals surface area contributed by atoms with Gasteiger partial charge in [-0.05, 0) is 57.0 Å². The number of ether oxygens (including phenoxy) is 2. The molecule has 39 heavy (non-hydrogen) atoms. The first-order valence-corrected chi connectivity index (χ1v) is 12.9. The number of aromatic nitrogens is 1. The van der Waals surface area contributed by atoms with Gasteiger partial charge in [0.05, 0.1) is 29.9 Å². The molecule has 1 saturated heterocycles. The number of rotatable bonds is 11. The van der Waals surface area contributed by atoms with Gasteiger partial charge in [0.1, 0.15) is 35.9 Å². The Hall–Kier alpha value is -3.53. The molecule has 7 nitrogen and oxygen atoms in total. The molecule has 2 heterocycles. The molecule has 1 unspecified atom stereocenters. The highest BCUT2D eigenvalue weighted by molar-refractivity contribution is 5.88. The van der Waals surface area contributed by atoms with E-state index in [2.05, 4.69) is 9.88 Å². The van der Waals surface area contributed by atoms with Gasteiger partial charge in [0.2, 0.25) is 0 Å². The quantitative estimate of drug-likeness (QED) is 0.335. The van der Waals surface area contributed by atoms with E-state index in [1.807, 2.05) is 14.1 Å². The van der Waals surface area contributed by atoms with Crippen molar-refractivity contribution in [2.24, 2.45) is 5.41 Å².